The normalized spacial score (nSPS) is 20.2. The highest BCUT2D eigenvalue weighted by molar-refractivity contribution is 6.31. The fourth-order valence-corrected chi connectivity index (χ4v) is 4.15. The molecule has 0 radical (unpaired) electrons. The van der Waals surface area contributed by atoms with E-state index in [1.807, 2.05) is 0 Å². The van der Waals surface area contributed by atoms with Crippen molar-refractivity contribution in [2.45, 2.75) is 38.8 Å². The maximum Gasteiger partial charge on any atom is 0.258 e. The second-order valence-corrected chi connectivity index (χ2v) is 8.80. The molecule has 1 aliphatic heterocycles. The molecule has 33 heavy (non-hydrogen) atoms. The Balaban J connectivity index is 1.48. The van der Waals surface area contributed by atoms with Gasteiger partial charge in [-0.05, 0) is 38.8 Å². The van der Waals surface area contributed by atoms with Crippen LogP contribution in [-0.4, -0.2) is 64.3 Å². The summed E-state index contributed by atoms with van der Waals surface area (Å²) in [6.07, 6.45) is 1.32. The molecule has 8 nitrogen and oxygen atoms in total. The molecule has 0 atom stereocenters. The van der Waals surface area contributed by atoms with Crippen molar-refractivity contribution in [3.8, 4) is 5.75 Å². The minimum Gasteiger partial charge on any atom is -0.489 e. The lowest BCUT2D eigenvalue weighted by Crippen LogP contribution is -2.47. The molecular weight excluding hydrogens is 449 g/mol. The zero-order chi connectivity index (χ0) is 23.7. The number of aliphatic hydroxyl groups is 1. The van der Waals surface area contributed by atoms with Crippen molar-refractivity contribution in [2.75, 3.05) is 26.2 Å². The van der Waals surface area contributed by atoms with Gasteiger partial charge in [0.15, 0.2) is 5.82 Å². The number of hydrogen-bond donors (Lipinski definition) is 3. The van der Waals surface area contributed by atoms with E-state index in [4.69, 9.17) is 27.2 Å². The van der Waals surface area contributed by atoms with E-state index in [1.54, 1.807) is 18.7 Å². The number of nitrogens with two attached hydrogens (primary N) is 1. The Labute approximate surface area is 196 Å². The lowest BCUT2D eigenvalue weighted by atomic mass is 9.89. The molecule has 0 unspecified atom stereocenters. The first kappa shape index (κ1) is 23.4. The lowest BCUT2D eigenvalue weighted by molar-refractivity contribution is 0.0728. The van der Waals surface area contributed by atoms with Crippen LogP contribution in [0.25, 0.3) is 5.57 Å². The molecular formula is C23H27ClFN5O3. The zero-order valence-corrected chi connectivity index (χ0v) is 19.3. The Hall–Kier alpha value is -2.75. The summed E-state index contributed by atoms with van der Waals surface area (Å²) in [4.78, 5) is 23.8. The molecule has 0 saturated heterocycles. The van der Waals surface area contributed by atoms with Crippen LogP contribution in [-0.2, 0) is 0 Å². The van der Waals surface area contributed by atoms with Gasteiger partial charge in [0.2, 0.25) is 0 Å². The molecule has 10 heteroatoms. The van der Waals surface area contributed by atoms with Gasteiger partial charge in [-0.3, -0.25) is 4.79 Å². The van der Waals surface area contributed by atoms with Crippen LogP contribution in [0.15, 0.2) is 23.9 Å². The summed E-state index contributed by atoms with van der Waals surface area (Å²) >= 11 is 6.18. The number of benzene rings is 1. The number of ether oxygens (including phenoxy) is 1. The van der Waals surface area contributed by atoms with E-state index < -0.39 is 5.82 Å². The summed E-state index contributed by atoms with van der Waals surface area (Å²) in [5, 5.41) is 12.6. The predicted octanol–water partition coefficient (Wildman–Crippen LogP) is 2.20. The Morgan fingerprint density at radius 2 is 2.00 bits per heavy atom. The van der Waals surface area contributed by atoms with E-state index in [0.717, 1.165) is 12.8 Å². The molecule has 0 spiro atoms. The molecule has 1 aliphatic carbocycles. The van der Waals surface area contributed by atoms with Crippen LogP contribution in [0.3, 0.4) is 0 Å². The van der Waals surface area contributed by atoms with Crippen LogP contribution in [0.5, 0.6) is 5.75 Å². The van der Waals surface area contributed by atoms with Crippen molar-refractivity contribution >= 4 is 23.1 Å². The number of nitrogens with one attached hydrogen (secondary N) is 1. The average molecular weight is 476 g/mol. The van der Waals surface area contributed by atoms with E-state index in [1.165, 1.54) is 18.2 Å². The van der Waals surface area contributed by atoms with Gasteiger partial charge in [0.1, 0.15) is 17.7 Å². The number of aliphatic hydroxyl groups excluding tert-OH is 1. The van der Waals surface area contributed by atoms with Crippen LogP contribution in [0, 0.1) is 19.7 Å². The zero-order valence-electron chi connectivity index (χ0n) is 18.6. The summed E-state index contributed by atoms with van der Waals surface area (Å²) < 4.78 is 19.9. The molecule has 1 aromatic carbocycles. The summed E-state index contributed by atoms with van der Waals surface area (Å²) in [7, 11) is 0. The van der Waals surface area contributed by atoms with Crippen molar-refractivity contribution in [2.24, 2.45) is 5.73 Å². The maximum absolute atomic E-state index is 14.0. The summed E-state index contributed by atoms with van der Waals surface area (Å²) in [6, 6.07) is 4.17. The number of halogens is 2. The lowest BCUT2D eigenvalue weighted by Gasteiger charge is -2.36. The first-order chi connectivity index (χ1) is 15.8. The van der Waals surface area contributed by atoms with Crippen molar-refractivity contribution in [1.29, 1.82) is 0 Å². The third kappa shape index (κ3) is 4.95. The topological polar surface area (TPSA) is 114 Å². The van der Waals surface area contributed by atoms with E-state index in [-0.39, 0.29) is 49.1 Å². The first-order valence-corrected chi connectivity index (χ1v) is 11.2. The van der Waals surface area contributed by atoms with Crippen molar-refractivity contribution in [3.63, 3.8) is 0 Å². The first-order valence-electron chi connectivity index (χ1n) is 10.8. The molecule has 176 valence electrons. The fourth-order valence-electron chi connectivity index (χ4n) is 4.06. The Morgan fingerprint density at radius 1 is 1.30 bits per heavy atom. The third-order valence-electron chi connectivity index (χ3n) is 5.94. The number of carbonyl (C=O) groups is 1. The van der Waals surface area contributed by atoms with E-state index in [9.17, 15) is 9.18 Å². The summed E-state index contributed by atoms with van der Waals surface area (Å²) in [6.45, 7) is 4.62. The van der Waals surface area contributed by atoms with Gasteiger partial charge in [0, 0.05) is 29.9 Å². The molecule has 1 amide bonds. The Bertz CT molecular complexity index is 1080. The number of nitrogens with zero attached hydrogens (tertiary/aromatic N) is 3. The number of hydrogen-bond acceptors (Lipinski definition) is 7. The van der Waals surface area contributed by atoms with Crippen LogP contribution in [0.2, 0.25) is 5.02 Å². The van der Waals surface area contributed by atoms with E-state index in [2.05, 4.69) is 15.3 Å². The largest absolute Gasteiger partial charge is 0.489 e. The smallest absolute Gasteiger partial charge is 0.258 e. The SMILES string of the molecule is Cc1nc(C2=C(N)CN(C(=O)c3ccc(F)cc3OC3CC(NCCO)C3)C2)nc(C)c1Cl. The van der Waals surface area contributed by atoms with E-state index in [0.29, 0.717) is 40.0 Å². The van der Waals surface area contributed by atoms with Gasteiger partial charge in [-0.25, -0.2) is 14.4 Å². The van der Waals surface area contributed by atoms with Gasteiger partial charge in [-0.1, -0.05) is 11.6 Å². The molecule has 1 aromatic heterocycles. The quantitative estimate of drug-likeness (QED) is 0.562. The number of rotatable bonds is 7. The van der Waals surface area contributed by atoms with E-state index >= 15 is 0 Å². The maximum atomic E-state index is 14.0. The molecule has 2 aliphatic rings. The highest BCUT2D eigenvalue weighted by atomic mass is 35.5. The standard InChI is InChI=1S/C23H27ClFN5O3/c1-12-21(24)13(2)29-22(28-12)18-10-30(11-19(18)26)23(32)17-4-3-14(25)7-20(17)33-16-8-15(9-16)27-5-6-31/h3-4,7,15-16,27,31H,5-6,8-11,26H2,1-2H3. The van der Waals surface area contributed by atoms with Crippen LogP contribution in [0.4, 0.5) is 4.39 Å². The minimum absolute atomic E-state index is 0.0692. The number of aryl methyl sites for hydroxylation is 2. The van der Waals surface area contributed by atoms with Gasteiger partial charge in [0.05, 0.1) is 41.7 Å². The molecule has 2 heterocycles. The van der Waals surface area contributed by atoms with Crippen molar-refractivity contribution in [3.05, 3.63) is 57.5 Å². The second kappa shape index (κ2) is 9.62. The molecule has 1 fully saturated rings. The monoisotopic (exact) mass is 475 g/mol. The third-order valence-corrected chi connectivity index (χ3v) is 6.49. The van der Waals surface area contributed by atoms with Crippen LogP contribution < -0.4 is 15.8 Å². The average Bonchev–Trinajstić information content (AvgIpc) is 3.14. The Kier molecular flexibility index (Phi) is 6.83. The molecule has 4 rings (SSSR count). The second-order valence-electron chi connectivity index (χ2n) is 8.42. The number of amides is 1. The molecule has 4 N–H and O–H groups in total. The number of carbonyl (C=O) groups excluding carboxylic acids is 1. The van der Waals surface area contributed by atoms with Crippen LogP contribution in [0.1, 0.15) is 40.4 Å². The predicted molar refractivity (Wildman–Crippen MR) is 122 cm³/mol. The van der Waals surface area contributed by atoms with Gasteiger partial charge in [-0.15, -0.1) is 0 Å². The highest BCUT2D eigenvalue weighted by Gasteiger charge is 2.33. The van der Waals surface area contributed by atoms with Gasteiger partial charge >= 0.3 is 0 Å². The number of aromatic nitrogens is 2. The van der Waals surface area contributed by atoms with Crippen molar-refractivity contribution in [1.82, 2.24) is 20.2 Å². The fraction of sp³-hybridized carbons (Fsp3) is 0.435. The van der Waals surface area contributed by atoms with Gasteiger partial charge in [-0.2, -0.15) is 0 Å². The molecule has 0 bridgehead atoms. The van der Waals surface area contributed by atoms with Crippen LogP contribution >= 0.6 is 11.6 Å². The van der Waals surface area contributed by atoms with Crippen molar-refractivity contribution < 1.29 is 19.0 Å². The van der Waals surface area contributed by atoms with Gasteiger partial charge in [0.25, 0.3) is 5.91 Å². The minimum atomic E-state index is -0.476. The van der Waals surface area contributed by atoms with Gasteiger partial charge < -0.3 is 25.8 Å². The highest BCUT2D eigenvalue weighted by Crippen LogP contribution is 2.32. The Morgan fingerprint density at radius 3 is 2.67 bits per heavy atom. The summed E-state index contributed by atoms with van der Waals surface area (Å²) in [5.41, 5.74) is 8.99. The summed E-state index contributed by atoms with van der Waals surface area (Å²) in [5.74, 6) is -0.114. The molecule has 1 saturated carbocycles. The molecule has 2 aromatic rings.